The molecule has 0 unspecified atom stereocenters. The predicted molar refractivity (Wildman–Crippen MR) is 133 cm³/mol. The Morgan fingerprint density at radius 2 is 1.87 bits per heavy atom. The molecule has 3 rings (SSSR count). The van der Waals surface area contributed by atoms with Gasteiger partial charge in [-0.1, -0.05) is 12.1 Å². The molecular weight excluding hydrogens is 516 g/mol. The van der Waals surface area contributed by atoms with Crippen LogP contribution in [0.25, 0.3) is 0 Å². The van der Waals surface area contributed by atoms with E-state index >= 15 is 0 Å². The lowest BCUT2D eigenvalue weighted by Crippen LogP contribution is -2.49. The number of rotatable bonds is 7. The molecule has 0 aliphatic carbocycles. The van der Waals surface area contributed by atoms with Crippen LogP contribution in [0, 0.1) is 5.82 Å². The van der Waals surface area contributed by atoms with E-state index in [1.807, 2.05) is 0 Å². The average molecular weight is 545 g/mol. The van der Waals surface area contributed by atoms with E-state index < -0.39 is 0 Å². The molecule has 0 radical (unpaired) electrons. The number of nitrogens with one attached hydrogen (secondary N) is 3. The van der Waals surface area contributed by atoms with Gasteiger partial charge in [-0.25, -0.2) is 4.39 Å². The second-order valence-electron chi connectivity index (χ2n) is 7.01. The summed E-state index contributed by atoms with van der Waals surface area (Å²) in [7, 11) is 1.75. The van der Waals surface area contributed by atoms with Crippen molar-refractivity contribution in [2.45, 2.75) is 25.3 Å². The summed E-state index contributed by atoms with van der Waals surface area (Å²) in [5, 5.41) is 13.0. The molecule has 6 nitrogen and oxygen atoms in total. The van der Waals surface area contributed by atoms with Gasteiger partial charge in [-0.15, -0.1) is 35.3 Å². The van der Waals surface area contributed by atoms with Crippen molar-refractivity contribution < 1.29 is 9.18 Å². The number of benzene rings is 1. The van der Waals surface area contributed by atoms with E-state index in [1.54, 1.807) is 30.5 Å². The summed E-state index contributed by atoms with van der Waals surface area (Å²) in [6.45, 7) is 3.16. The number of amides is 1. The van der Waals surface area contributed by atoms with E-state index in [0.717, 1.165) is 37.5 Å². The molecule has 1 aromatic carbocycles. The Morgan fingerprint density at radius 1 is 1.17 bits per heavy atom. The minimum atomic E-state index is -0.297. The third-order valence-corrected chi connectivity index (χ3v) is 5.82. The van der Waals surface area contributed by atoms with E-state index in [2.05, 4.69) is 43.4 Å². The van der Waals surface area contributed by atoms with Crippen LogP contribution in [0.2, 0.25) is 0 Å². The molecule has 1 saturated heterocycles. The topological polar surface area (TPSA) is 68.8 Å². The normalized spacial score (nSPS) is 14.7. The fourth-order valence-electron chi connectivity index (χ4n) is 3.31. The molecule has 164 valence electrons. The van der Waals surface area contributed by atoms with Crippen LogP contribution in [0.5, 0.6) is 0 Å². The minimum Gasteiger partial charge on any atom is -0.363 e. The maximum Gasteiger partial charge on any atom is 0.224 e. The van der Waals surface area contributed by atoms with Crippen LogP contribution in [0.15, 0.2) is 46.8 Å². The molecule has 2 aromatic rings. The molecule has 0 saturated carbocycles. The third kappa shape index (κ3) is 7.75. The van der Waals surface area contributed by atoms with Crippen molar-refractivity contribution in [2.75, 3.05) is 38.1 Å². The Kier molecular flexibility index (Phi) is 10.4. The van der Waals surface area contributed by atoms with Gasteiger partial charge in [0.1, 0.15) is 5.82 Å². The van der Waals surface area contributed by atoms with Crippen LogP contribution >= 0.6 is 35.3 Å². The highest BCUT2D eigenvalue weighted by Crippen LogP contribution is 2.24. The number of hydrogen-bond acceptors (Lipinski definition) is 4. The van der Waals surface area contributed by atoms with Crippen LogP contribution in [0.3, 0.4) is 0 Å². The monoisotopic (exact) mass is 545 g/mol. The number of guanidine groups is 1. The Bertz CT molecular complexity index is 792. The van der Waals surface area contributed by atoms with Crippen molar-refractivity contribution in [3.63, 3.8) is 0 Å². The number of piperidine rings is 1. The zero-order valence-electron chi connectivity index (χ0n) is 17.1. The molecule has 3 N–H and O–H groups in total. The Morgan fingerprint density at radius 3 is 2.50 bits per heavy atom. The van der Waals surface area contributed by atoms with E-state index in [9.17, 15) is 9.18 Å². The number of thiophene rings is 1. The molecule has 1 aliphatic heterocycles. The summed E-state index contributed by atoms with van der Waals surface area (Å²) in [4.78, 5) is 18.7. The van der Waals surface area contributed by atoms with E-state index in [4.69, 9.17) is 0 Å². The first-order chi connectivity index (χ1) is 14.1. The van der Waals surface area contributed by atoms with Crippen molar-refractivity contribution in [2.24, 2.45) is 4.99 Å². The zero-order chi connectivity index (χ0) is 20.5. The smallest absolute Gasteiger partial charge is 0.224 e. The largest absolute Gasteiger partial charge is 0.363 e. The first-order valence-electron chi connectivity index (χ1n) is 9.91. The third-order valence-electron chi connectivity index (χ3n) is 4.89. The summed E-state index contributed by atoms with van der Waals surface area (Å²) < 4.78 is 12.9. The average Bonchev–Trinajstić information content (AvgIpc) is 3.27. The lowest BCUT2D eigenvalue weighted by molar-refractivity contribution is -0.120. The number of aliphatic imine (C=N–C) groups is 1. The highest BCUT2D eigenvalue weighted by atomic mass is 127. The maximum atomic E-state index is 12.9. The lowest BCUT2D eigenvalue weighted by atomic mass is 10.1. The number of carbonyl (C=O) groups is 1. The Hall–Kier alpha value is -1.88. The van der Waals surface area contributed by atoms with Gasteiger partial charge >= 0.3 is 0 Å². The number of anilines is 1. The molecule has 0 bridgehead atoms. The van der Waals surface area contributed by atoms with Gasteiger partial charge in [0.15, 0.2) is 5.96 Å². The summed E-state index contributed by atoms with van der Waals surface area (Å²) in [5.74, 6) is 0.379. The quantitative estimate of drug-likeness (QED) is 0.217. The first kappa shape index (κ1) is 24.4. The summed E-state index contributed by atoms with van der Waals surface area (Å²) in [6, 6.07) is 10.6. The number of nitrogens with zero attached hydrogens (tertiary/aromatic N) is 2. The lowest BCUT2D eigenvalue weighted by Gasteiger charge is -2.33. The van der Waals surface area contributed by atoms with E-state index in [-0.39, 0.29) is 42.1 Å². The van der Waals surface area contributed by atoms with E-state index in [1.165, 1.54) is 17.1 Å². The van der Waals surface area contributed by atoms with Gasteiger partial charge < -0.3 is 20.9 Å². The first-order valence-corrected chi connectivity index (χ1v) is 10.8. The fourth-order valence-corrected chi connectivity index (χ4v) is 4.10. The van der Waals surface area contributed by atoms with Gasteiger partial charge in [0.05, 0.1) is 11.4 Å². The number of hydrogen-bond donors (Lipinski definition) is 3. The van der Waals surface area contributed by atoms with Crippen LogP contribution in [-0.4, -0.2) is 51.1 Å². The highest BCUT2D eigenvalue weighted by molar-refractivity contribution is 14.0. The highest BCUT2D eigenvalue weighted by Gasteiger charge is 2.20. The molecule has 2 heterocycles. The number of carbonyl (C=O) groups excluding carboxylic acids is 1. The summed E-state index contributed by atoms with van der Waals surface area (Å²) in [6.07, 6.45) is 2.37. The van der Waals surface area contributed by atoms with Gasteiger partial charge in [-0.05, 0) is 48.1 Å². The van der Waals surface area contributed by atoms with Gasteiger partial charge in [0, 0.05) is 39.3 Å². The molecule has 9 heteroatoms. The molecular formula is C21H29FIN5OS. The minimum absolute atomic E-state index is 0. The second-order valence-corrected chi connectivity index (χ2v) is 7.94. The summed E-state index contributed by atoms with van der Waals surface area (Å²) in [5.41, 5.74) is 0.795. The number of halogens is 2. The van der Waals surface area contributed by atoms with Gasteiger partial charge in [-0.2, -0.15) is 0 Å². The van der Waals surface area contributed by atoms with E-state index in [0.29, 0.717) is 19.1 Å². The van der Waals surface area contributed by atoms with Crippen molar-refractivity contribution in [1.29, 1.82) is 0 Å². The zero-order valence-corrected chi connectivity index (χ0v) is 20.2. The Balaban J connectivity index is 0.00000320. The maximum absolute atomic E-state index is 12.9. The van der Waals surface area contributed by atoms with Crippen molar-refractivity contribution in [1.82, 2.24) is 16.0 Å². The van der Waals surface area contributed by atoms with Crippen LogP contribution < -0.4 is 20.9 Å². The van der Waals surface area contributed by atoms with Gasteiger partial charge in [-0.3, -0.25) is 9.79 Å². The molecule has 1 amide bonds. The standard InChI is InChI=1S/C21H28FN5OS.HI/c1-23-21(26-18-8-12-27(13-9-18)20-3-2-14-29-20)25-11-10-24-19(28)15-16-4-6-17(22)7-5-16;/h2-7,14,18H,8-13,15H2,1H3,(H,24,28)(H2,23,25,26);1H. The van der Waals surface area contributed by atoms with Crippen molar-refractivity contribution >= 4 is 52.2 Å². The van der Waals surface area contributed by atoms with Crippen LogP contribution in [0.1, 0.15) is 18.4 Å². The molecule has 0 atom stereocenters. The molecule has 1 aromatic heterocycles. The van der Waals surface area contributed by atoms with Crippen LogP contribution in [-0.2, 0) is 11.2 Å². The molecule has 1 fully saturated rings. The Labute approximate surface area is 198 Å². The van der Waals surface area contributed by atoms with Gasteiger partial charge in [0.2, 0.25) is 5.91 Å². The van der Waals surface area contributed by atoms with Crippen LogP contribution in [0.4, 0.5) is 9.39 Å². The SMILES string of the molecule is CN=C(NCCNC(=O)Cc1ccc(F)cc1)NC1CCN(c2cccs2)CC1.I. The molecule has 0 spiro atoms. The predicted octanol–water partition coefficient (Wildman–Crippen LogP) is 3.00. The second kappa shape index (κ2) is 12.7. The molecule has 30 heavy (non-hydrogen) atoms. The van der Waals surface area contributed by atoms with Crippen molar-refractivity contribution in [3.8, 4) is 0 Å². The van der Waals surface area contributed by atoms with Crippen molar-refractivity contribution in [3.05, 3.63) is 53.2 Å². The van der Waals surface area contributed by atoms with Gasteiger partial charge in [0.25, 0.3) is 0 Å². The molecule has 1 aliphatic rings. The fraction of sp³-hybridized carbons (Fsp3) is 0.429. The summed E-state index contributed by atoms with van der Waals surface area (Å²) >= 11 is 1.78.